The first kappa shape index (κ1) is 18.3. The molecule has 0 radical (unpaired) electrons. The number of anilines is 1. The number of hydrogen-bond acceptors (Lipinski definition) is 2. The van der Waals surface area contributed by atoms with E-state index in [0.29, 0.717) is 17.1 Å². The second-order valence-corrected chi connectivity index (χ2v) is 7.20. The summed E-state index contributed by atoms with van der Waals surface area (Å²) in [4.78, 5) is 15.2. The summed E-state index contributed by atoms with van der Waals surface area (Å²) < 4.78 is 5.26. The molecule has 0 atom stereocenters. The van der Waals surface area contributed by atoms with Crippen molar-refractivity contribution in [2.24, 2.45) is 0 Å². The molecule has 4 rings (SSSR count). The van der Waals surface area contributed by atoms with E-state index in [0.717, 1.165) is 28.1 Å². The van der Waals surface area contributed by atoms with Gasteiger partial charge in [0.05, 0.1) is 29.9 Å². The van der Waals surface area contributed by atoms with E-state index >= 15 is 0 Å². The Bertz CT molecular complexity index is 1050. The first-order chi connectivity index (χ1) is 13.6. The summed E-state index contributed by atoms with van der Waals surface area (Å²) in [6, 6.07) is 23.3. The second-order valence-electron chi connectivity index (χ2n) is 6.79. The van der Waals surface area contributed by atoms with Gasteiger partial charge < -0.3 is 9.64 Å². The number of benzene rings is 3. The van der Waals surface area contributed by atoms with E-state index in [1.807, 2.05) is 42.5 Å². The van der Waals surface area contributed by atoms with Crippen molar-refractivity contribution in [3.63, 3.8) is 0 Å². The molecule has 4 heteroatoms. The molecule has 3 aromatic carbocycles. The predicted molar refractivity (Wildman–Crippen MR) is 115 cm³/mol. The summed E-state index contributed by atoms with van der Waals surface area (Å²) in [5, 5.41) is 0.565. The van der Waals surface area contributed by atoms with Crippen molar-refractivity contribution in [3.05, 3.63) is 94.5 Å². The number of methoxy groups -OCH3 is 1. The Hall–Kier alpha value is -3.04. The average molecular weight is 390 g/mol. The summed E-state index contributed by atoms with van der Waals surface area (Å²) in [7, 11) is 1.63. The molecule has 1 aliphatic heterocycles. The summed E-state index contributed by atoms with van der Waals surface area (Å²) in [5.41, 5.74) is 5.52. The number of para-hydroxylation sites is 1. The first-order valence-corrected chi connectivity index (χ1v) is 9.47. The van der Waals surface area contributed by atoms with Crippen LogP contribution in [-0.2, 0) is 4.79 Å². The van der Waals surface area contributed by atoms with E-state index < -0.39 is 0 Å². The van der Waals surface area contributed by atoms with Crippen molar-refractivity contribution in [2.75, 3.05) is 18.6 Å². The predicted octanol–water partition coefficient (Wildman–Crippen LogP) is 5.61. The summed E-state index contributed by atoms with van der Waals surface area (Å²) in [5.74, 6) is 0.712. The molecule has 0 aromatic heterocycles. The topological polar surface area (TPSA) is 29.5 Å². The summed E-state index contributed by atoms with van der Waals surface area (Å²) in [6.07, 6.45) is 0. The minimum absolute atomic E-state index is 0.0474. The van der Waals surface area contributed by atoms with Crippen LogP contribution in [0.25, 0.3) is 11.1 Å². The minimum Gasteiger partial charge on any atom is -0.497 e. The molecule has 0 N–H and O–H groups in total. The van der Waals surface area contributed by atoms with E-state index in [-0.39, 0.29) is 5.91 Å². The molecule has 1 amide bonds. The highest BCUT2D eigenvalue weighted by Gasteiger charge is 2.33. The molecule has 0 saturated heterocycles. The Labute approximate surface area is 169 Å². The van der Waals surface area contributed by atoms with Crippen LogP contribution in [0.3, 0.4) is 0 Å². The average Bonchev–Trinajstić information content (AvgIpc) is 3.06. The van der Waals surface area contributed by atoms with Crippen molar-refractivity contribution < 1.29 is 9.53 Å². The monoisotopic (exact) mass is 389 g/mol. The maximum Gasteiger partial charge on any atom is 0.259 e. The molecular formula is C24H20ClNO2. The number of aryl methyl sites for hydroxylation is 1. The molecule has 1 aliphatic rings. The smallest absolute Gasteiger partial charge is 0.259 e. The molecule has 0 fully saturated rings. The number of amides is 1. The maximum absolute atomic E-state index is 13.4. The van der Waals surface area contributed by atoms with Crippen LogP contribution in [0.4, 0.5) is 5.69 Å². The van der Waals surface area contributed by atoms with Crippen molar-refractivity contribution in [1.29, 1.82) is 0 Å². The lowest BCUT2D eigenvalue weighted by Crippen LogP contribution is -2.26. The summed E-state index contributed by atoms with van der Waals surface area (Å²) in [6.45, 7) is 2.53. The largest absolute Gasteiger partial charge is 0.497 e. The molecule has 140 valence electrons. The highest BCUT2D eigenvalue weighted by molar-refractivity contribution is 6.39. The van der Waals surface area contributed by atoms with Gasteiger partial charge in [-0.25, -0.2) is 0 Å². The Morgan fingerprint density at radius 1 is 0.893 bits per heavy atom. The van der Waals surface area contributed by atoms with Crippen LogP contribution in [0.5, 0.6) is 5.75 Å². The number of carbonyl (C=O) groups excluding carboxylic acids is 1. The summed E-state index contributed by atoms with van der Waals surface area (Å²) >= 11 is 6.39. The van der Waals surface area contributed by atoms with Gasteiger partial charge in [-0.05, 0) is 47.9 Å². The van der Waals surface area contributed by atoms with Gasteiger partial charge in [-0.1, -0.05) is 65.7 Å². The van der Waals surface area contributed by atoms with Crippen molar-refractivity contribution in [3.8, 4) is 5.75 Å². The van der Waals surface area contributed by atoms with Gasteiger partial charge in [0.15, 0.2) is 0 Å². The van der Waals surface area contributed by atoms with Gasteiger partial charge in [-0.2, -0.15) is 0 Å². The van der Waals surface area contributed by atoms with Gasteiger partial charge in [0.25, 0.3) is 5.91 Å². The molecular weight excluding hydrogens is 370 g/mol. The molecule has 3 nitrogen and oxygen atoms in total. The van der Waals surface area contributed by atoms with Gasteiger partial charge >= 0.3 is 0 Å². The molecule has 3 aromatic rings. The zero-order valence-electron chi connectivity index (χ0n) is 15.8. The van der Waals surface area contributed by atoms with Crippen LogP contribution >= 0.6 is 11.6 Å². The zero-order chi connectivity index (χ0) is 19.7. The Morgan fingerprint density at radius 2 is 1.54 bits per heavy atom. The zero-order valence-corrected chi connectivity index (χ0v) is 16.5. The van der Waals surface area contributed by atoms with E-state index in [1.165, 1.54) is 5.56 Å². The molecule has 0 spiro atoms. The Balaban J connectivity index is 1.84. The quantitative estimate of drug-likeness (QED) is 0.580. The SMILES string of the molecule is COc1ccc(C2=C(c3ccc(C)cc3)CN(c3ccccc3Cl)C2=O)cc1. The van der Waals surface area contributed by atoms with E-state index in [4.69, 9.17) is 16.3 Å². The second kappa shape index (κ2) is 7.53. The number of halogens is 1. The van der Waals surface area contributed by atoms with Crippen LogP contribution in [0, 0.1) is 6.92 Å². The maximum atomic E-state index is 13.4. The van der Waals surface area contributed by atoms with Crippen LogP contribution < -0.4 is 9.64 Å². The van der Waals surface area contributed by atoms with E-state index in [1.54, 1.807) is 18.1 Å². The fraction of sp³-hybridized carbons (Fsp3) is 0.125. The van der Waals surface area contributed by atoms with Crippen LogP contribution in [0.1, 0.15) is 16.7 Å². The standard InChI is InChI=1S/C24H20ClNO2/c1-16-7-9-17(10-8-16)20-15-26(22-6-4-3-5-21(22)25)24(27)23(20)18-11-13-19(28-2)14-12-18/h3-14H,15H2,1-2H3. The third-order valence-electron chi connectivity index (χ3n) is 5.00. The lowest BCUT2D eigenvalue weighted by Gasteiger charge is -2.18. The van der Waals surface area contributed by atoms with Crippen molar-refractivity contribution in [2.45, 2.75) is 6.92 Å². The fourth-order valence-corrected chi connectivity index (χ4v) is 3.72. The Morgan fingerprint density at radius 3 is 2.18 bits per heavy atom. The Kier molecular flexibility index (Phi) is 4.93. The van der Waals surface area contributed by atoms with Gasteiger partial charge in [0.1, 0.15) is 5.75 Å². The highest BCUT2D eigenvalue weighted by Crippen LogP contribution is 2.39. The number of hydrogen-bond donors (Lipinski definition) is 0. The lowest BCUT2D eigenvalue weighted by molar-refractivity contribution is -0.112. The molecule has 0 unspecified atom stereocenters. The van der Waals surface area contributed by atoms with Crippen molar-refractivity contribution >= 4 is 34.3 Å². The molecule has 1 heterocycles. The van der Waals surface area contributed by atoms with Crippen LogP contribution in [0.2, 0.25) is 5.02 Å². The molecule has 0 aliphatic carbocycles. The third kappa shape index (κ3) is 3.30. The van der Waals surface area contributed by atoms with E-state index in [2.05, 4.69) is 31.2 Å². The van der Waals surface area contributed by atoms with Gasteiger partial charge in [-0.15, -0.1) is 0 Å². The number of rotatable bonds is 4. The van der Waals surface area contributed by atoms with Crippen LogP contribution in [-0.4, -0.2) is 19.6 Å². The first-order valence-electron chi connectivity index (χ1n) is 9.09. The molecule has 0 bridgehead atoms. The highest BCUT2D eigenvalue weighted by atomic mass is 35.5. The minimum atomic E-state index is -0.0474. The normalized spacial score (nSPS) is 14.0. The molecule has 28 heavy (non-hydrogen) atoms. The third-order valence-corrected chi connectivity index (χ3v) is 5.32. The fourth-order valence-electron chi connectivity index (χ4n) is 3.48. The van der Waals surface area contributed by atoms with Crippen LogP contribution in [0.15, 0.2) is 72.8 Å². The molecule has 0 saturated carbocycles. The van der Waals surface area contributed by atoms with E-state index in [9.17, 15) is 4.79 Å². The lowest BCUT2D eigenvalue weighted by atomic mass is 9.96. The number of ether oxygens (including phenoxy) is 1. The van der Waals surface area contributed by atoms with Gasteiger partial charge in [0.2, 0.25) is 0 Å². The van der Waals surface area contributed by atoms with Gasteiger partial charge in [0, 0.05) is 0 Å². The van der Waals surface area contributed by atoms with Gasteiger partial charge in [-0.3, -0.25) is 4.79 Å². The number of nitrogens with zero attached hydrogens (tertiary/aromatic N) is 1. The van der Waals surface area contributed by atoms with Crippen molar-refractivity contribution in [1.82, 2.24) is 0 Å². The number of carbonyl (C=O) groups is 1.